The number of rotatable bonds is 7. The number of hydrogen-bond donors (Lipinski definition) is 0. The van der Waals surface area contributed by atoms with E-state index in [0.29, 0.717) is 35.8 Å². The average Bonchev–Trinajstić information content (AvgIpc) is 3.55. The molecule has 1 atom stereocenters. The lowest BCUT2D eigenvalue weighted by Crippen LogP contribution is -2.40. The molecule has 5 rings (SSSR count). The lowest BCUT2D eigenvalue weighted by molar-refractivity contribution is -0.138. The van der Waals surface area contributed by atoms with Gasteiger partial charge in [0.15, 0.2) is 11.6 Å². The quantitative estimate of drug-likeness (QED) is 0.324. The first kappa shape index (κ1) is 25.1. The molecule has 0 radical (unpaired) electrons. The van der Waals surface area contributed by atoms with Crippen LogP contribution in [-0.4, -0.2) is 41.1 Å². The van der Waals surface area contributed by atoms with Crippen molar-refractivity contribution in [1.29, 1.82) is 0 Å². The van der Waals surface area contributed by atoms with E-state index in [1.807, 2.05) is 0 Å². The van der Waals surface area contributed by atoms with Gasteiger partial charge in [0.2, 0.25) is 5.09 Å². The van der Waals surface area contributed by atoms with E-state index in [4.69, 9.17) is 4.42 Å². The molecule has 0 spiro atoms. The molecule has 0 N–H and O–H groups in total. The van der Waals surface area contributed by atoms with Gasteiger partial charge in [0.05, 0.1) is 11.6 Å². The fourth-order valence-corrected chi connectivity index (χ4v) is 6.10. The van der Waals surface area contributed by atoms with Crippen LogP contribution in [0.4, 0.5) is 13.2 Å². The number of Topliss-reactive ketones (excluding diaryl/α,β-unsaturated/α-hetero) is 1. The largest absolute Gasteiger partial charge is 0.443 e. The van der Waals surface area contributed by atoms with E-state index in [-0.39, 0.29) is 29.7 Å². The highest BCUT2D eigenvalue weighted by molar-refractivity contribution is 7.89. The number of benzene rings is 2. The zero-order valence-corrected chi connectivity index (χ0v) is 20.3. The minimum Gasteiger partial charge on any atom is -0.443 e. The van der Waals surface area contributed by atoms with Gasteiger partial charge in [-0.25, -0.2) is 18.4 Å². The van der Waals surface area contributed by atoms with Crippen LogP contribution in [0.15, 0.2) is 76.5 Å². The molecule has 1 aliphatic heterocycles. The second-order valence-corrected chi connectivity index (χ2v) is 10.7. The van der Waals surface area contributed by atoms with E-state index in [1.54, 1.807) is 48.5 Å². The maximum atomic E-state index is 13.3. The molecule has 1 unspecified atom stereocenters. The van der Waals surface area contributed by atoms with E-state index < -0.39 is 27.8 Å². The first-order valence-electron chi connectivity index (χ1n) is 11.6. The van der Waals surface area contributed by atoms with Gasteiger partial charge in [-0.15, -0.1) is 0 Å². The van der Waals surface area contributed by atoms with Crippen molar-refractivity contribution < 1.29 is 30.8 Å². The highest BCUT2D eigenvalue weighted by atomic mass is 32.2. The predicted octanol–water partition coefficient (Wildman–Crippen LogP) is 5.26. The van der Waals surface area contributed by atoms with Gasteiger partial charge in [-0.2, -0.15) is 17.5 Å². The molecule has 1 fully saturated rings. The minimum absolute atomic E-state index is 0.105. The van der Waals surface area contributed by atoms with Gasteiger partial charge in [-0.1, -0.05) is 36.4 Å². The van der Waals surface area contributed by atoms with Gasteiger partial charge in [0.1, 0.15) is 5.58 Å². The summed E-state index contributed by atoms with van der Waals surface area (Å²) in [6.45, 7) is 0.233. The van der Waals surface area contributed by atoms with Crippen LogP contribution in [0.2, 0.25) is 0 Å². The third-order valence-corrected chi connectivity index (χ3v) is 8.13. The molecule has 0 amide bonds. The van der Waals surface area contributed by atoms with E-state index in [0.717, 1.165) is 18.0 Å². The van der Waals surface area contributed by atoms with E-state index in [1.165, 1.54) is 10.4 Å². The van der Waals surface area contributed by atoms with Crippen molar-refractivity contribution in [1.82, 2.24) is 14.3 Å². The van der Waals surface area contributed by atoms with E-state index in [9.17, 15) is 26.4 Å². The topological polar surface area (TPSA) is 93.4 Å². The van der Waals surface area contributed by atoms with Crippen LogP contribution in [0.3, 0.4) is 0 Å². The molecule has 11 heteroatoms. The highest BCUT2D eigenvalue weighted by Crippen LogP contribution is 2.31. The average molecular weight is 530 g/mol. The van der Waals surface area contributed by atoms with Crippen molar-refractivity contribution in [2.75, 3.05) is 6.54 Å². The summed E-state index contributed by atoms with van der Waals surface area (Å²) in [5.41, 5.74) is 0.810. The molecule has 0 saturated carbocycles. The van der Waals surface area contributed by atoms with Crippen molar-refractivity contribution in [2.45, 2.75) is 43.0 Å². The molecule has 4 aromatic rings. The van der Waals surface area contributed by atoms with Crippen LogP contribution in [-0.2, 0) is 27.4 Å². The monoisotopic (exact) mass is 529 g/mol. The standard InChI is InChI=1S/C26H22F3N3O4S/c27-26(28,29)20-15-30-25(31-16-20)19-7-3-5-17(13-19)10-11-22(33)21-8-4-12-32(21)37(34,35)24-14-18-6-1-2-9-23(18)36-24/h1-3,5-7,9,13-16,21H,4,8,10-12H2. The molecule has 0 aliphatic carbocycles. The molecule has 192 valence electrons. The minimum atomic E-state index is -4.52. The highest BCUT2D eigenvalue weighted by Gasteiger charge is 2.40. The second kappa shape index (κ2) is 9.71. The summed E-state index contributed by atoms with van der Waals surface area (Å²) in [5, 5.41) is 0.484. The molecule has 7 nitrogen and oxygen atoms in total. The molecular formula is C26H22F3N3O4S. The zero-order valence-electron chi connectivity index (χ0n) is 19.5. The Balaban J connectivity index is 1.28. The van der Waals surface area contributed by atoms with E-state index >= 15 is 0 Å². The number of aromatic nitrogens is 2. The lowest BCUT2D eigenvalue weighted by Gasteiger charge is -2.21. The van der Waals surface area contributed by atoms with Crippen LogP contribution in [0.5, 0.6) is 0 Å². The number of hydrogen-bond acceptors (Lipinski definition) is 6. The van der Waals surface area contributed by atoms with Crippen molar-refractivity contribution >= 4 is 26.8 Å². The van der Waals surface area contributed by atoms with Gasteiger partial charge in [0, 0.05) is 42.4 Å². The fraction of sp³-hybridized carbons (Fsp3) is 0.269. The summed E-state index contributed by atoms with van der Waals surface area (Å²) in [7, 11) is -3.99. The molecule has 1 saturated heterocycles. The summed E-state index contributed by atoms with van der Waals surface area (Å²) < 4.78 is 71.7. The number of fused-ring (bicyclic) bond motifs is 1. The van der Waals surface area contributed by atoms with E-state index in [2.05, 4.69) is 9.97 Å². The van der Waals surface area contributed by atoms with Gasteiger partial charge in [-0.3, -0.25) is 4.79 Å². The molecule has 2 aromatic carbocycles. The van der Waals surface area contributed by atoms with Gasteiger partial charge >= 0.3 is 6.18 Å². The Kier molecular flexibility index (Phi) is 6.59. The Hall–Kier alpha value is -3.57. The third-order valence-electron chi connectivity index (χ3n) is 6.37. The number of nitrogens with zero attached hydrogens (tertiary/aromatic N) is 3. The maximum absolute atomic E-state index is 13.3. The Morgan fingerprint density at radius 1 is 1.05 bits per heavy atom. The molecule has 0 bridgehead atoms. The molecule has 2 aromatic heterocycles. The van der Waals surface area contributed by atoms with Crippen LogP contribution in [0.25, 0.3) is 22.4 Å². The number of para-hydroxylation sites is 1. The second-order valence-electron chi connectivity index (χ2n) is 8.84. The Morgan fingerprint density at radius 3 is 2.54 bits per heavy atom. The molecular weight excluding hydrogens is 507 g/mol. The van der Waals surface area contributed by atoms with Crippen LogP contribution >= 0.6 is 0 Å². The van der Waals surface area contributed by atoms with Crippen LogP contribution < -0.4 is 0 Å². The number of carbonyl (C=O) groups is 1. The summed E-state index contributed by atoms with van der Waals surface area (Å²) in [5.74, 6) is -0.0616. The number of sulfonamides is 1. The predicted molar refractivity (Wildman–Crippen MR) is 129 cm³/mol. The lowest BCUT2D eigenvalue weighted by atomic mass is 10.0. The van der Waals surface area contributed by atoms with Crippen LogP contribution in [0.1, 0.15) is 30.4 Å². The smallest absolute Gasteiger partial charge is 0.419 e. The summed E-state index contributed by atoms with van der Waals surface area (Å²) >= 11 is 0. The Bertz CT molecular complexity index is 1520. The van der Waals surface area contributed by atoms with Crippen molar-refractivity contribution in [3.8, 4) is 11.4 Å². The third kappa shape index (κ3) is 5.14. The fourth-order valence-electron chi connectivity index (χ4n) is 4.47. The number of alkyl halides is 3. The summed E-state index contributed by atoms with van der Waals surface area (Å²) in [4.78, 5) is 20.7. The maximum Gasteiger partial charge on any atom is 0.419 e. The summed E-state index contributed by atoms with van der Waals surface area (Å²) in [6, 6.07) is 14.6. The SMILES string of the molecule is O=C(CCc1cccc(-c2ncc(C(F)(F)F)cn2)c1)C1CCCN1S(=O)(=O)c1cc2ccccc2o1. The number of carbonyl (C=O) groups excluding carboxylic acids is 1. The van der Waals surface area contributed by atoms with Crippen molar-refractivity contribution in [2.24, 2.45) is 0 Å². The Morgan fingerprint density at radius 2 is 1.81 bits per heavy atom. The van der Waals surface area contributed by atoms with Gasteiger partial charge < -0.3 is 4.42 Å². The van der Waals surface area contributed by atoms with Gasteiger partial charge in [-0.05, 0) is 37.0 Å². The number of halogens is 3. The molecule has 3 heterocycles. The number of furan rings is 1. The van der Waals surface area contributed by atoms with Crippen LogP contribution in [0, 0.1) is 0 Å². The Labute approximate surface area is 211 Å². The first-order valence-corrected chi connectivity index (χ1v) is 13.1. The summed E-state index contributed by atoms with van der Waals surface area (Å²) in [6.07, 6.45) is -1.62. The molecule has 1 aliphatic rings. The number of aryl methyl sites for hydroxylation is 1. The van der Waals surface area contributed by atoms with Crippen molar-refractivity contribution in [3.63, 3.8) is 0 Å². The normalized spacial score (nSPS) is 16.9. The van der Waals surface area contributed by atoms with Crippen molar-refractivity contribution in [3.05, 3.63) is 78.1 Å². The first-order chi connectivity index (χ1) is 17.6. The van der Waals surface area contributed by atoms with Gasteiger partial charge in [0.25, 0.3) is 10.0 Å². The molecule has 37 heavy (non-hydrogen) atoms. The zero-order chi connectivity index (χ0) is 26.2. The number of ketones is 1.